The van der Waals surface area contributed by atoms with Gasteiger partial charge in [0.1, 0.15) is 0 Å². The van der Waals surface area contributed by atoms with Crippen LogP contribution in [0.4, 0.5) is 0 Å². The van der Waals surface area contributed by atoms with E-state index in [2.05, 4.69) is 10.2 Å². The Kier molecular flexibility index (Phi) is 4.18. The molecule has 2 saturated heterocycles. The van der Waals surface area contributed by atoms with Crippen molar-refractivity contribution >= 4 is 28.4 Å². The summed E-state index contributed by atoms with van der Waals surface area (Å²) < 4.78 is 5.38. The second kappa shape index (κ2) is 6.47. The lowest BCUT2D eigenvalue weighted by atomic mass is 9.88. The summed E-state index contributed by atoms with van der Waals surface area (Å²) in [6.07, 6.45) is 4.74. The van der Waals surface area contributed by atoms with Crippen molar-refractivity contribution in [2.24, 2.45) is 17.8 Å². The lowest BCUT2D eigenvalue weighted by molar-refractivity contribution is -0.138. The van der Waals surface area contributed by atoms with Crippen molar-refractivity contribution in [3.8, 4) is 0 Å². The van der Waals surface area contributed by atoms with E-state index in [9.17, 15) is 9.90 Å². The first-order valence-electron chi connectivity index (χ1n) is 9.75. The van der Waals surface area contributed by atoms with E-state index in [0.717, 1.165) is 42.4 Å². The molecule has 27 heavy (non-hydrogen) atoms. The largest absolute Gasteiger partial charge is 0.385 e. The van der Waals surface area contributed by atoms with Gasteiger partial charge in [-0.15, -0.1) is 0 Å². The van der Waals surface area contributed by atoms with Crippen molar-refractivity contribution < 1.29 is 14.6 Å². The predicted molar refractivity (Wildman–Crippen MR) is 101 cm³/mol. The number of hydrogen-bond donors (Lipinski definition) is 2. The Morgan fingerprint density at radius 3 is 2.67 bits per heavy atom. The van der Waals surface area contributed by atoms with E-state index in [-0.39, 0.29) is 11.8 Å². The Morgan fingerprint density at radius 2 is 1.96 bits per heavy atom. The monoisotopic (exact) mass is 389 g/mol. The molecule has 3 atom stereocenters. The number of aromatic nitrogens is 2. The third kappa shape index (κ3) is 2.94. The number of halogens is 1. The van der Waals surface area contributed by atoms with Crippen LogP contribution in [-0.4, -0.2) is 52.4 Å². The summed E-state index contributed by atoms with van der Waals surface area (Å²) in [6, 6.07) is 3.70. The number of amides is 1. The molecular formula is C20H24ClN3O3. The molecule has 3 aliphatic rings. The van der Waals surface area contributed by atoms with E-state index >= 15 is 0 Å². The van der Waals surface area contributed by atoms with E-state index in [1.807, 2.05) is 17.0 Å². The van der Waals surface area contributed by atoms with E-state index in [4.69, 9.17) is 16.3 Å². The van der Waals surface area contributed by atoms with Gasteiger partial charge >= 0.3 is 0 Å². The molecule has 3 heterocycles. The van der Waals surface area contributed by atoms with Crippen LogP contribution in [0, 0.1) is 17.8 Å². The molecule has 0 spiro atoms. The molecule has 2 N–H and O–H groups in total. The number of rotatable bonds is 2. The van der Waals surface area contributed by atoms with Gasteiger partial charge in [0.25, 0.3) is 0 Å². The highest BCUT2D eigenvalue weighted by atomic mass is 35.5. The maximum absolute atomic E-state index is 12.8. The predicted octanol–water partition coefficient (Wildman–Crippen LogP) is 2.70. The van der Waals surface area contributed by atoms with Crippen LogP contribution in [0.5, 0.6) is 0 Å². The highest BCUT2D eigenvalue weighted by molar-refractivity contribution is 6.31. The van der Waals surface area contributed by atoms with Crippen molar-refractivity contribution in [3.05, 3.63) is 28.9 Å². The average Bonchev–Trinajstić information content (AvgIpc) is 3.34. The topological polar surface area (TPSA) is 78.5 Å². The fourth-order valence-electron chi connectivity index (χ4n) is 5.36. The number of nitrogens with zero attached hydrogens (tertiary/aromatic N) is 2. The van der Waals surface area contributed by atoms with Crippen LogP contribution in [0.2, 0.25) is 5.02 Å². The SMILES string of the molecule is O=C(C1CCOCC1)N1C[C@@H]2C[C@](O)(c3cc(Cl)cc4[nH]ncc34)C[C@@H]2C1. The summed E-state index contributed by atoms with van der Waals surface area (Å²) >= 11 is 6.27. The Balaban J connectivity index is 1.34. The van der Waals surface area contributed by atoms with Crippen molar-refractivity contribution in [1.29, 1.82) is 0 Å². The number of ether oxygens (including phenoxy) is 1. The van der Waals surface area contributed by atoms with E-state index in [0.29, 0.717) is 42.9 Å². The molecule has 5 rings (SSSR count). The number of carbonyl (C=O) groups is 1. The molecule has 0 bridgehead atoms. The molecule has 1 saturated carbocycles. The van der Waals surface area contributed by atoms with Crippen molar-refractivity contribution in [2.75, 3.05) is 26.3 Å². The van der Waals surface area contributed by atoms with Crippen LogP contribution >= 0.6 is 11.6 Å². The molecule has 6 nitrogen and oxygen atoms in total. The minimum absolute atomic E-state index is 0.106. The number of carbonyl (C=O) groups excluding carboxylic acids is 1. The fraction of sp³-hybridized carbons (Fsp3) is 0.600. The molecule has 0 radical (unpaired) electrons. The molecule has 1 aromatic heterocycles. The Morgan fingerprint density at radius 1 is 1.26 bits per heavy atom. The third-order valence-corrected chi connectivity index (χ3v) is 6.90. The number of H-pyrrole nitrogens is 1. The summed E-state index contributed by atoms with van der Waals surface area (Å²) in [5.41, 5.74) is 0.797. The van der Waals surface area contributed by atoms with Gasteiger partial charge in [-0.25, -0.2) is 0 Å². The number of aliphatic hydroxyl groups is 1. The Bertz CT molecular complexity index is 862. The summed E-state index contributed by atoms with van der Waals surface area (Å²) in [5, 5.41) is 20.0. The summed E-state index contributed by atoms with van der Waals surface area (Å²) in [5.74, 6) is 1.05. The van der Waals surface area contributed by atoms with Crippen molar-refractivity contribution in [2.45, 2.75) is 31.3 Å². The summed E-state index contributed by atoms with van der Waals surface area (Å²) in [6.45, 7) is 2.87. The molecule has 144 valence electrons. The first kappa shape index (κ1) is 17.5. The molecule has 1 aliphatic carbocycles. The maximum atomic E-state index is 12.8. The molecule has 7 heteroatoms. The second-order valence-electron chi connectivity index (χ2n) is 8.37. The third-order valence-electron chi connectivity index (χ3n) is 6.68. The fourth-order valence-corrected chi connectivity index (χ4v) is 5.57. The van der Waals surface area contributed by atoms with Gasteiger partial charge in [-0.3, -0.25) is 9.89 Å². The minimum Gasteiger partial charge on any atom is -0.385 e. The number of nitrogens with one attached hydrogen (secondary N) is 1. The second-order valence-corrected chi connectivity index (χ2v) is 8.81. The quantitative estimate of drug-likeness (QED) is 0.827. The highest BCUT2D eigenvalue weighted by Crippen LogP contribution is 2.50. The minimum atomic E-state index is -0.907. The average molecular weight is 390 g/mol. The first-order chi connectivity index (χ1) is 13.0. The van der Waals surface area contributed by atoms with Gasteiger partial charge in [-0.2, -0.15) is 5.10 Å². The Labute approximate surface area is 162 Å². The molecule has 1 amide bonds. The molecule has 1 aromatic carbocycles. The van der Waals surface area contributed by atoms with Crippen LogP contribution in [0.25, 0.3) is 10.9 Å². The highest BCUT2D eigenvalue weighted by Gasteiger charge is 2.51. The smallest absolute Gasteiger partial charge is 0.225 e. The van der Waals surface area contributed by atoms with Crippen LogP contribution in [0.15, 0.2) is 18.3 Å². The standard InChI is InChI=1S/C20H24ClN3O3/c21-15-5-17(16-9-22-23-18(16)6-15)20(26)7-13-10-24(11-14(13)8-20)19(25)12-1-3-27-4-2-12/h5-6,9,12-14,26H,1-4,7-8,10-11H2,(H,22,23)/t13-,14+,20+. The van der Waals surface area contributed by atoms with Gasteiger partial charge in [0.15, 0.2) is 0 Å². The van der Waals surface area contributed by atoms with Gasteiger partial charge in [0.05, 0.1) is 17.3 Å². The molecule has 2 aliphatic heterocycles. The van der Waals surface area contributed by atoms with Crippen LogP contribution in [0.3, 0.4) is 0 Å². The summed E-state index contributed by atoms with van der Waals surface area (Å²) in [4.78, 5) is 14.8. The number of hydrogen-bond acceptors (Lipinski definition) is 4. The normalized spacial score (nSPS) is 31.6. The zero-order chi connectivity index (χ0) is 18.6. The zero-order valence-electron chi connectivity index (χ0n) is 15.2. The van der Waals surface area contributed by atoms with Gasteiger partial charge < -0.3 is 14.7 Å². The lowest BCUT2D eigenvalue weighted by Gasteiger charge is -2.29. The van der Waals surface area contributed by atoms with E-state index in [1.165, 1.54) is 0 Å². The van der Waals surface area contributed by atoms with Crippen molar-refractivity contribution in [1.82, 2.24) is 15.1 Å². The molecule has 2 aromatic rings. The van der Waals surface area contributed by atoms with Gasteiger partial charge in [0.2, 0.25) is 5.91 Å². The van der Waals surface area contributed by atoms with Gasteiger partial charge in [-0.05, 0) is 55.2 Å². The summed E-state index contributed by atoms with van der Waals surface area (Å²) in [7, 11) is 0. The first-order valence-corrected chi connectivity index (χ1v) is 10.1. The van der Waals surface area contributed by atoms with Crippen LogP contribution in [0.1, 0.15) is 31.2 Å². The van der Waals surface area contributed by atoms with Crippen LogP contribution in [-0.2, 0) is 15.1 Å². The number of likely N-dealkylation sites (tertiary alicyclic amines) is 1. The number of aromatic amines is 1. The van der Waals surface area contributed by atoms with Crippen LogP contribution < -0.4 is 0 Å². The van der Waals surface area contributed by atoms with Crippen molar-refractivity contribution in [3.63, 3.8) is 0 Å². The number of benzene rings is 1. The van der Waals surface area contributed by atoms with E-state index < -0.39 is 5.60 Å². The number of fused-ring (bicyclic) bond motifs is 2. The zero-order valence-corrected chi connectivity index (χ0v) is 15.9. The Hall–Kier alpha value is -1.63. The molecule has 3 fully saturated rings. The van der Waals surface area contributed by atoms with Gasteiger partial charge in [0, 0.05) is 42.6 Å². The lowest BCUT2D eigenvalue weighted by Crippen LogP contribution is -2.38. The molecular weight excluding hydrogens is 366 g/mol. The van der Waals surface area contributed by atoms with E-state index in [1.54, 1.807) is 6.20 Å². The maximum Gasteiger partial charge on any atom is 0.225 e. The van der Waals surface area contributed by atoms with Gasteiger partial charge in [-0.1, -0.05) is 11.6 Å². The molecule has 0 unspecified atom stereocenters.